The molecular formula is C18H19N5O2. The fourth-order valence-electron chi connectivity index (χ4n) is 3.11. The number of aryl methyl sites for hydroxylation is 1. The van der Waals surface area contributed by atoms with Crippen LogP contribution in [0, 0.1) is 6.92 Å². The molecule has 2 amide bonds. The van der Waals surface area contributed by atoms with Crippen LogP contribution in [-0.2, 0) is 0 Å². The van der Waals surface area contributed by atoms with Gasteiger partial charge in [0.1, 0.15) is 5.76 Å². The van der Waals surface area contributed by atoms with E-state index in [2.05, 4.69) is 38.6 Å². The van der Waals surface area contributed by atoms with E-state index in [-0.39, 0.29) is 6.03 Å². The van der Waals surface area contributed by atoms with Crippen molar-refractivity contribution in [2.75, 3.05) is 36.4 Å². The van der Waals surface area contributed by atoms with Crippen LogP contribution in [-0.4, -0.2) is 47.3 Å². The van der Waals surface area contributed by atoms with Crippen LogP contribution in [0.25, 0.3) is 10.9 Å². The van der Waals surface area contributed by atoms with E-state index < -0.39 is 0 Å². The molecule has 0 spiro atoms. The van der Waals surface area contributed by atoms with Crippen LogP contribution < -0.4 is 10.2 Å². The number of piperazine rings is 1. The maximum Gasteiger partial charge on any atom is 0.323 e. The van der Waals surface area contributed by atoms with Crippen molar-refractivity contribution in [3.8, 4) is 0 Å². The molecule has 1 aliphatic heterocycles. The molecule has 0 aliphatic carbocycles. The second-order valence-electron chi connectivity index (χ2n) is 6.08. The zero-order chi connectivity index (χ0) is 17.2. The molecule has 1 aromatic carbocycles. The van der Waals surface area contributed by atoms with Crippen molar-refractivity contribution in [3.05, 3.63) is 48.4 Å². The van der Waals surface area contributed by atoms with Crippen LogP contribution in [0.3, 0.4) is 0 Å². The van der Waals surface area contributed by atoms with E-state index in [0.717, 1.165) is 29.7 Å². The highest BCUT2D eigenvalue weighted by molar-refractivity contribution is 5.91. The first-order chi connectivity index (χ1) is 12.2. The third-order valence-corrected chi connectivity index (χ3v) is 4.38. The fourth-order valence-corrected chi connectivity index (χ4v) is 3.11. The highest BCUT2D eigenvalue weighted by Crippen LogP contribution is 2.25. The van der Waals surface area contributed by atoms with Gasteiger partial charge in [0.25, 0.3) is 0 Å². The molecule has 0 bridgehead atoms. The number of nitrogens with one attached hydrogen (secondary N) is 1. The number of para-hydroxylation sites is 1. The molecule has 0 unspecified atom stereocenters. The highest BCUT2D eigenvalue weighted by Gasteiger charge is 2.23. The zero-order valence-electron chi connectivity index (χ0n) is 14.0. The minimum absolute atomic E-state index is 0.149. The number of carbonyl (C=O) groups is 1. The van der Waals surface area contributed by atoms with Crippen molar-refractivity contribution < 1.29 is 9.32 Å². The number of aromatic nitrogens is 2. The van der Waals surface area contributed by atoms with E-state index in [9.17, 15) is 4.79 Å². The summed E-state index contributed by atoms with van der Waals surface area (Å²) in [7, 11) is 0. The summed E-state index contributed by atoms with van der Waals surface area (Å²) < 4.78 is 4.97. The predicted octanol–water partition coefficient (Wildman–Crippen LogP) is 2.89. The van der Waals surface area contributed by atoms with Gasteiger partial charge in [0, 0.05) is 43.8 Å². The first-order valence-corrected chi connectivity index (χ1v) is 8.29. The van der Waals surface area contributed by atoms with Crippen LogP contribution in [0.1, 0.15) is 5.76 Å². The molecule has 3 heterocycles. The topological polar surface area (TPSA) is 74.5 Å². The molecule has 1 fully saturated rings. The Hall–Kier alpha value is -3.09. The first kappa shape index (κ1) is 15.4. The average molecular weight is 337 g/mol. The van der Waals surface area contributed by atoms with Crippen molar-refractivity contribution in [1.82, 2.24) is 15.0 Å². The first-order valence-electron chi connectivity index (χ1n) is 8.29. The summed E-state index contributed by atoms with van der Waals surface area (Å²) in [6.45, 7) is 4.61. The Balaban J connectivity index is 1.43. The SMILES string of the molecule is Cc1cc(NC(=O)N2CCN(c3cccc4cccnc34)CC2)no1. The van der Waals surface area contributed by atoms with Gasteiger partial charge in [-0.15, -0.1) is 0 Å². The summed E-state index contributed by atoms with van der Waals surface area (Å²) in [6, 6.07) is 11.8. The lowest BCUT2D eigenvalue weighted by Gasteiger charge is -2.36. The van der Waals surface area contributed by atoms with E-state index >= 15 is 0 Å². The van der Waals surface area contributed by atoms with Gasteiger partial charge in [0.05, 0.1) is 11.2 Å². The van der Waals surface area contributed by atoms with Gasteiger partial charge in [0.2, 0.25) is 0 Å². The normalized spacial score (nSPS) is 14.8. The Kier molecular flexibility index (Phi) is 3.97. The number of urea groups is 1. The van der Waals surface area contributed by atoms with E-state index in [1.807, 2.05) is 18.3 Å². The highest BCUT2D eigenvalue weighted by atomic mass is 16.5. The number of hydrogen-bond donors (Lipinski definition) is 1. The number of hydrogen-bond acceptors (Lipinski definition) is 5. The molecule has 3 aromatic rings. The molecule has 4 rings (SSSR count). The third kappa shape index (κ3) is 3.13. The van der Waals surface area contributed by atoms with Gasteiger partial charge >= 0.3 is 6.03 Å². The summed E-state index contributed by atoms with van der Waals surface area (Å²) in [4.78, 5) is 20.9. The lowest BCUT2D eigenvalue weighted by molar-refractivity contribution is 0.208. The fraction of sp³-hybridized carbons (Fsp3) is 0.278. The van der Waals surface area contributed by atoms with Gasteiger partial charge in [-0.2, -0.15) is 0 Å². The number of nitrogens with zero attached hydrogens (tertiary/aromatic N) is 4. The number of benzene rings is 1. The van der Waals surface area contributed by atoms with Crippen LogP contribution in [0.4, 0.5) is 16.3 Å². The molecule has 1 saturated heterocycles. The third-order valence-electron chi connectivity index (χ3n) is 4.38. The standard InChI is InChI=1S/C18H19N5O2/c1-13-12-16(21-25-13)20-18(24)23-10-8-22(9-11-23)15-6-2-4-14-5-3-7-19-17(14)15/h2-7,12H,8-11H2,1H3,(H,20,21,24). The monoisotopic (exact) mass is 337 g/mol. The van der Waals surface area contributed by atoms with Crippen molar-refractivity contribution in [1.29, 1.82) is 0 Å². The van der Waals surface area contributed by atoms with Crippen molar-refractivity contribution in [2.45, 2.75) is 6.92 Å². The van der Waals surface area contributed by atoms with E-state index in [4.69, 9.17) is 4.52 Å². The van der Waals surface area contributed by atoms with Gasteiger partial charge in [-0.05, 0) is 19.1 Å². The molecule has 128 valence electrons. The van der Waals surface area contributed by atoms with Crippen LogP contribution in [0.5, 0.6) is 0 Å². The van der Waals surface area contributed by atoms with Gasteiger partial charge in [-0.3, -0.25) is 10.3 Å². The van der Waals surface area contributed by atoms with Crippen molar-refractivity contribution in [3.63, 3.8) is 0 Å². The molecule has 7 heteroatoms. The number of rotatable bonds is 2. The van der Waals surface area contributed by atoms with E-state index in [0.29, 0.717) is 24.7 Å². The lowest BCUT2D eigenvalue weighted by atomic mass is 10.1. The predicted molar refractivity (Wildman–Crippen MR) is 95.8 cm³/mol. The lowest BCUT2D eigenvalue weighted by Crippen LogP contribution is -2.50. The molecule has 25 heavy (non-hydrogen) atoms. The maximum absolute atomic E-state index is 12.3. The molecule has 0 radical (unpaired) electrons. The number of pyridine rings is 1. The van der Waals surface area contributed by atoms with Crippen LogP contribution in [0.2, 0.25) is 0 Å². The van der Waals surface area contributed by atoms with E-state index in [1.54, 1.807) is 17.9 Å². The Morgan fingerprint density at radius 1 is 1.16 bits per heavy atom. The second-order valence-corrected chi connectivity index (χ2v) is 6.08. The molecule has 1 N–H and O–H groups in total. The van der Waals surface area contributed by atoms with Crippen LogP contribution in [0.15, 0.2) is 47.1 Å². The van der Waals surface area contributed by atoms with Crippen molar-refractivity contribution in [2.24, 2.45) is 0 Å². The maximum atomic E-state index is 12.3. The summed E-state index contributed by atoms with van der Waals surface area (Å²) in [5.74, 6) is 1.12. The Morgan fingerprint density at radius 2 is 1.96 bits per heavy atom. The Bertz CT molecular complexity index is 894. The number of amides is 2. The van der Waals surface area contributed by atoms with Gasteiger partial charge in [-0.25, -0.2) is 4.79 Å². The summed E-state index contributed by atoms with van der Waals surface area (Å²) in [6.07, 6.45) is 1.81. The van der Waals surface area contributed by atoms with Gasteiger partial charge < -0.3 is 14.3 Å². The smallest absolute Gasteiger partial charge is 0.323 e. The number of fused-ring (bicyclic) bond motifs is 1. The molecular weight excluding hydrogens is 318 g/mol. The molecule has 0 saturated carbocycles. The average Bonchev–Trinajstić information content (AvgIpc) is 3.06. The number of anilines is 2. The Morgan fingerprint density at radius 3 is 2.72 bits per heavy atom. The Labute approximate surface area is 145 Å². The van der Waals surface area contributed by atoms with Gasteiger partial charge in [0.15, 0.2) is 5.82 Å². The molecule has 0 atom stereocenters. The molecule has 7 nitrogen and oxygen atoms in total. The summed E-state index contributed by atoms with van der Waals surface area (Å²) in [5.41, 5.74) is 2.12. The minimum atomic E-state index is -0.149. The zero-order valence-corrected chi connectivity index (χ0v) is 14.0. The molecule has 1 aliphatic rings. The largest absolute Gasteiger partial charge is 0.366 e. The second kappa shape index (κ2) is 6.43. The quantitative estimate of drug-likeness (QED) is 0.778. The summed E-state index contributed by atoms with van der Waals surface area (Å²) in [5, 5.41) is 7.69. The van der Waals surface area contributed by atoms with Gasteiger partial charge in [-0.1, -0.05) is 23.4 Å². The molecule has 2 aromatic heterocycles. The van der Waals surface area contributed by atoms with E-state index in [1.165, 1.54) is 0 Å². The van der Waals surface area contributed by atoms with Crippen molar-refractivity contribution >= 4 is 28.4 Å². The summed E-state index contributed by atoms with van der Waals surface area (Å²) >= 11 is 0. The number of carbonyl (C=O) groups excluding carboxylic acids is 1. The minimum Gasteiger partial charge on any atom is -0.366 e. The van der Waals surface area contributed by atoms with Crippen LogP contribution >= 0.6 is 0 Å².